The van der Waals surface area contributed by atoms with E-state index in [-0.39, 0.29) is 11.7 Å². The standard InChI is InChI=1S/C12H13F3O2/c1-16-7-8-2-5-11(17-12(13,14)15)10(6-8)9-3-4-9/h2,5-6,9H,3-4,7H2,1H3. The van der Waals surface area contributed by atoms with E-state index in [0.29, 0.717) is 12.2 Å². The average molecular weight is 246 g/mol. The Morgan fingerprint density at radius 1 is 1.29 bits per heavy atom. The van der Waals surface area contributed by atoms with E-state index in [1.807, 2.05) is 0 Å². The molecule has 2 nitrogen and oxygen atoms in total. The lowest BCUT2D eigenvalue weighted by molar-refractivity contribution is -0.274. The third kappa shape index (κ3) is 3.36. The van der Waals surface area contributed by atoms with Crippen LogP contribution in [0.4, 0.5) is 13.2 Å². The molecule has 0 heterocycles. The van der Waals surface area contributed by atoms with E-state index >= 15 is 0 Å². The molecule has 0 aliphatic heterocycles. The highest BCUT2D eigenvalue weighted by Crippen LogP contribution is 2.45. The van der Waals surface area contributed by atoms with Crippen molar-refractivity contribution in [2.75, 3.05) is 7.11 Å². The SMILES string of the molecule is COCc1ccc(OC(F)(F)F)c(C2CC2)c1. The van der Waals surface area contributed by atoms with Gasteiger partial charge in [0, 0.05) is 7.11 Å². The van der Waals surface area contributed by atoms with Gasteiger partial charge in [0.25, 0.3) is 0 Å². The molecule has 1 aromatic rings. The topological polar surface area (TPSA) is 18.5 Å². The first-order valence-electron chi connectivity index (χ1n) is 5.37. The minimum absolute atomic E-state index is 0.0835. The van der Waals surface area contributed by atoms with Crippen molar-refractivity contribution in [2.24, 2.45) is 0 Å². The highest BCUT2D eigenvalue weighted by molar-refractivity contribution is 5.41. The number of benzene rings is 1. The zero-order chi connectivity index (χ0) is 12.5. The molecule has 2 rings (SSSR count). The van der Waals surface area contributed by atoms with Crippen LogP contribution in [-0.2, 0) is 11.3 Å². The van der Waals surface area contributed by atoms with Crippen molar-refractivity contribution in [1.82, 2.24) is 0 Å². The summed E-state index contributed by atoms with van der Waals surface area (Å²) in [6, 6.07) is 4.70. The highest BCUT2D eigenvalue weighted by atomic mass is 19.4. The molecule has 0 unspecified atom stereocenters. The summed E-state index contributed by atoms with van der Waals surface area (Å²) >= 11 is 0. The third-order valence-electron chi connectivity index (χ3n) is 2.63. The van der Waals surface area contributed by atoms with Gasteiger partial charge in [-0.2, -0.15) is 0 Å². The van der Waals surface area contributed by atoms with Crippen LogP contribution in [0.3, 0.4) is 0 Å². The van der Waals surface area contributed by atoms with Crippen molar-refractivity contribution in [3.05, 3.63) is 29.3 Å². The Morgan fingerprint density at radius 2 is 2.00 bits per heavy atom. The van der Waals surface area contributed by atoms with Crippen LogP contribution in [0.25, 0.3) is 0 Å². The zero-order valence-corrected chi connectivity index (χ0v) is 9.38. The predicted octanol–water partition coefficient (Wildman–Crippen LogP) is 3.61. The lowest BCUT2D eigenvalue weighted by Crippen LogP contribution is -2.18. The maximum Gasteiger partial charge on any atom is 0.573 e. The van der Waals surface area contributed by atoms with E-state index in [9.17, 15) is 13.2 Å². The van der Waals surface area contributed by atoms with Crippen LogP contribution in [0.1, 0.15) is 29.9 Å². The first-order chi connectivity index (χ1) is 7.99. The average Bonchev–Trinajstić information content (AvgIpc) is 3.02. The van der Waals surface area contributed by atoms with Crippen LogP contribution < -0.4 is 4.74 Å². The molecule has 17 heavy (non-hydrogen) atoms. The summed E-state index contributed by atoms with van der Waals surface area (Å²) in [6.07, 6.45) is -2.79. The molecule has 1 fully saturated rings. The van der Waals surface area contributed by atoms with Crippen molar-refractivity contribution in [2.45, 2.75) is 31.7 Å². The van der Waals surface area contributed by atoms with Gasteiger partial charge in [-0.3, -0.25) is 0 Å². The van der Waals surface area contributed by atoms with Gasteiger partial charge in [-0.15, -0.1) is 13.2 Å². The third-order valence-corrected chi connectivity index (χ3v) is 2.63. The van der Waals surface area contributed by atoms with Gasteiger partial charge < -0.3 is 9.47 Å². The summed E-state index contributed by atoms with van der Waals surface area (Å²) in [7, 11) is 1.55. The van der Waals surface area contributed by atoms with E-state index in [0.717, 1.165) is 18.4 Å². The molecule has 1 saturated carbocycles. The number of hydrogen-bond donors (Lipinski definition) is 0. The van der Waals surface area contributed by atoms with E-state index in [1.54, 1.807) is 19.2 Å². The van der Waals surface area contributed by atoms with E-state index < -0.39 is 6.36 Å². The molecule has 1 aromatic carbocycles. The van der Waals surface area contributed by atoms with E-state index in [2.05, 4.69) is 4.74 Å². The monoisotopic (exact) mass is 246 g/mol. The molecule has 1 aliphatic rings. The smallest absolute Gasteiger partial charge is 0.405 e. The summed E-state index contributed by atoms with van der Waals surface area (Å²) in [5.74, 6) is 0.115. The summed E-state index contributed by atoms with van der Waals surface area (Å²) < 4.78 is 45.6. The van der Waals surface area contributed by atoms with Crippen LogP contribution in [0, 0.1) is 0 Å². The van der Waals surface area contributed by atoms with Gasteiger partial charge in [0.05, 0.1) is 6.61 Å². The predicted molar refractivity (Wildman–Crippen MR) is 55.8 cm³/mol. The minimum Gasteiger partial charge on any atom is -0.405 e. The van der Waals surface area contributed by atoms with E-state index in [1.165, 1.54) is 6.07 Å². The summed E-state index contributed by atoms with van der Waals surface area (Å²) in [5, 5.41) is 0. The normalized spacial score (nSPS) is 16.0. The van der Waals surface area contributed by atoms with Gasteiger partial charge in [-0.05, 0) is 42.0 Å². The van der Waals surface area contributed by atoms with Crippen LogP contribution in [0.5, 0.6) is 5.75 Å². The molecule has 1 aliphatic carbocycles. The van der Waals surface area contributed by atoms with Crippen molar-refractivity contribution >= 4 is 0 Å². The second-order valence-corrected chi connectivity index (χ2v) is 4.13. The Labute approximate surface area is 97.3 Å². The fourth-order valence-corrected chi connectivity index (χ4v) is 1.79. The Morgan fingerprint density at radius 3 is 2.53 bits per heavy atom. The number of ether oxygens (including phenoxy) is 2. The number of rotatable bonds is 4. The lowest BCUT2D eigenvalue weighted by Gasteiger charge is -2.14. The lowest BCUT2D eigenvalue weighted by atomic mass is 10.1. The van der Waals surface area contributed by atoms with Gasteiger partial charge >= 0.3 is 6.36 Å². The fraction of sp³-hybridized carbons (Fsp3) is 0.500. The van der Waals surface area contributed by atoms with Crippen molar-refractivity contribution in [3.63, 3.8) is 0 Å². The Kier molecular flexibility index (Phi) is 3.28. The number of alkyl halides is 3. The van der Waals surface area contributed by atoms with Crippen LogP contribution in [0.15, 0.2) is 18.2 Å². The number of hydrogen-bond acceptors (Lipinski definition) is 2. The molecule has 0 atom stereocenters. The summed E-state index contributed by atoms with van der Waals surface area (Å²) in [5.41, 5.74) is 1.50. The Hall–Kier alpha value is -1.23. The number of methoxy groups -OCH3 is 1. The van der Waals surface area contributed by atoms with Gasteiger partial charge in [-0.25, -0.2) is 0 Å². The molecule has 0 saturated heterocycles. The summed E-state index contributed by atoms with van der Waals surface area (Å²) in [6.45, 7) is 0.395. The number of halogens is 3. The molecule has 94 valence electrons. The molecule has 5 heteroatoms. The van der Waals surface area contributed by atoms with Gasteiger partial charge in [0.15, 0.2) is 0 Å². The zero-order valence-electron chi connectivity index (χ0n) is 9.38. The van der Waals surface area contributed by atoms with Gasteiger partial charge in [-0.1, -0.05) is 6.07 Å². The van der Waals surface area contributed by atoms with Gasteiger partial charge in [0.2, 0.25) is 0 Å². The van der Waals surface area contributed by atoms with Crippen molar-refractivity contribution in [3.8, 4) is 5.75 Å². The van der Waals surface area contributed by atoms with Crippen LogP contribution in [-0.4, -0.2) is 13.5 Å². The molecule has 0 amide bonds. The molecule has 0 spiro atoms. The van der Waals surface area contributed by atoms with Crippen LogP contribution >= 0.6 is 0 Å². The fourth-order valence-electron chi connectivity index (χ4n) is 1.79. The molecule has 0 aromatic heterocycles. The van der Waals surface area contributed by atoms with E-state index in [4.69, 9.17) is 4.74 Å². The molecule has 0 N–H and O–H groups in total. The molecule has 0 radical (unpaired) electrons. The largest absolute Gasteiger partial charge is 0.573 e. The van der Waals surface area contributed by atoms with Crippen molar-refractivity contribution < 1.29 is 22.6 Å². The maximum absolute atomic E-state index is 12.2. The first-order valence-corrected chi connectivity index (χ1v) is 5.37. The Bertz CT molecular complexity index is 397. The van der Waals surface area contributed by atoms with Crippen molar-refractivity contribution in [1.29, 1.82) is 0 Å². The second-order valence-electron chi connectivity index (χ2n) is 4.13. The Balaban J connectivity index is 2.25. The quantitative estimate of drug-likeness (QED) is 0.808. The first kappa shape index (κ1) is 12.2. The molecule has 0 bridgehead atoms. The van der Waals surface area contributed by atoms with Gasteiger partial charge in [0.1, 0.15) is 5.75 Å². The molecular formula is C12H13F3O2. The van der Waals surface area contributed by atoms with Crippen LogP contribution in [0.2, 0.25) is 0 Å². The summed E-state index contributed by atoms with van der Waals surface area (Å²) in [4.78, 5) is 0. The maximum atomic E-state index is 12.2. The minimum atomic E-state index is -4.63. The molecular weight excluding hydrogens is 233 g/mol. The second kappa shape index (κ2) is 4.56. The highest BCUT2D eigenvalue weighted by Gasteiger charge is 2.35.